The van der Waals surface area contributed by atoms with Gasteiger partial charge in [-0.1, -0.05) is 5.57 Å². The molecule has 0 fully saturated rings. The maximum atomic E-state index is 10.3. The molecule has 0 aromatic carbocycles. The van der Waals surface area contributed by atoms with Crippen molar-refractivity contribution in [2.75, 3.05) is 13.1 Å². The SMILES string of the molecule is CC(=CC(=O)O)CNCCCC(N)=O. The number of carboxylic acids is 1. The van der Waals surface area contributed by atoms with Gasteiger partial charge in [-0.15, -0.1) is 0 Å². The van der Waals surface area contributed by atoms with Crippen molar-refractivity contribution < 1.29 is 14.7 Å². The molecule has 0 spiro atoms. The van der Waals surface area contributed by atoms with E-state index in [1.807, 2.05) is 0 Å². The van der Waals surface area contributed by atoms with Crippen LogP contribution in [0.25, 0.3) is 0 Å². The third-order valence-electron chi connectivity index (χ3n) is 1.55. The molecule has 5 heteroatoms. The summed E-state index contributed by atoms with van der Waals surface area (Å²) >= 11 is 0. The van der Waals surface area contributed by atoms with E-state index >= 15 is 0 Å². The van der Waals surface area contributed by atoms with Gasteiger partial charge in [-0.05, 0) is 19.9 Å². The standard InChI is InChI=1S/C9H16N2O3/c1-7(5-9(13)14)6-11-4-2-3-8(10)12/h5,11H,2-4,6H2,1H3,(H2,10,12)(H,13,14). The van der Waals surface area contributed by atoms with Gasteiger partial charge in [0, 0.05) is 19.0 Å². The third-order valence-corrected chi connectivity index (χ3v) is 1.55. The average molecular weight is 200 g/mol. The molecule has 0 aliphatic heterocycles. The fraction of sp³-hybridized carbons (Fsp3) is 0.556. The molecule has 14 heavy (non-hydrogen) atoms. The van der Waals surface area contributed by atoms with Crippen molar-refractivity contribution in [2.24, 2.45) is 5.73 Å². The van der Waals surface area contributed by atoms with Crippen molar-refractivity contribution in [3.8, 4) is 0 Å². The van der Waals surface area contributed by atoms with Gasteiger partial charge >= 0.3 is 5.97 Å². The predicted octanol–water partition coefficient (Wildman–Crippen LogP) is -0.128. The Morgan fingerprint density at radius 1 is 1.50 bits per heavy atom. The fourth-order valence-electron chi connectivity index (χ4n) is 0.935. The molecule has 4 N–H and O–H groups in total. The number of hydrogen-bond acceptors (Lipinski definition) is 3. The first-order chi connectivity index (χ1) is 6.52. The van der Waals surface area contributed by atoms with Crippen molar-refractivity contribution in [3.63, 3.8) is 0 Å². The maximum absolute atomic E-state index is 10.3. The Labute approximate surface area is 83.0 Å². The highest BCUT2D eigenvalue weighted by Gasteiger charge is 1.95. The minimum Gasteiger partial charge on any atom is -0.478 e. The number of nitrogens with two attached hydrogens (primary N) is 1. The van der Waals surface area contributed by atoms with E-state index in [1.54, 1.807) is 6.92 Å². The Morgan fingerprint density at radius 3 is 2.64 bits per heavy atom. The van der Waals surface area contributed by atoms with Crippen LogP contribution < -0.4 is 11.1 Å². The molecule has 0 radical (unpaired) electrons. The molecule has 0 aliphatic carbocycles. The van der Waals surface area contributed by atoms with Crippen LogP contribution in [0.15, 0.2) is 11.6 Å². The van der Waals surface area contributed by atoms with E-state index in [2.05, 4.69) is 5.32 Å². The second-order valence-corrected chi connectivity index (χ2v) is 3.08. The van der Waals surface area contributed by atoms with Crippen LogP contribution >= 0.6 is 0 Å². The van der Waals surface area contributed by atoms with E-state index in [1.165, 1.54) is 0 Å². The van der Waals surface area contributed by atoms with Crippen molar-refractivity contribution in [1.82, 2.24) is 5.32 Å². The normalized spacial score (nSPS) is 11.4. The molecular formula is C9H16N2O3. The third kappa shape index (κ3) is 8.73. The first-order valence-electron chi connectivity index (χ1n) is 4.41. The molecule has 0 saturated carbocycles. The van der Waals surface area contributed by atoms with Crippen molar-refractivity contribution in [3.05, 3.63) is 11.6 Å². The molecule has 0 unspecified atom stereocenters. The summed E-state index contributed by atoms with van der Waals surface area (Å²) in [4.78, 5) is 20.6. The van der Waals surface area contributed by atoms with Gasteiger partial charge in [0.05, 0.1) is 0 Å². The number of carbonyl (C=O) groups is 2. The molecule has 1 amide bonds. The molecule has 0 aliphatic rings. The van der Waals surface area contributed by atoms with Gasteiger partial charge in [-0.2, -0.15) is 0 Å². The minimum atomic E-state index is -0.943. The molecule has 80 valence electrons. The van der Waals surface area contributed by atoms with Crippen LogP contribution in [-0.2, 0) is 9.59 Å². The number of rotatable bonds is 7. The van der Waals surface area contributed by atoms with E-state index in [0.717, 1.165) is 11.6 Å². The summed E-state index contributed by atoms with van der Waals surface area (Å²) in [5.41, 5.74) is 5.69. The second-order valence-electron chi connectivity index (χ2n) is 3.08. The van der Waals surface area contributed by atoms with Crippen LogP contribution in [0.4, 0.5) is 0 Å². The summed E-state index contributed by atoms with van der Waals surface area (Å²) in [7, 11) is 0. The second kappa shape index (κ2) is 7.08. The summed E-state index contributed by atoms with van der Waals surface area (Å²) < 4.78 is 0. The van der Waals surface area contributed by atoms with Gasteiger partial charge in [-0.3, -0.25) is 4.79 Å². The van der Waals surface area contributed by atoms with E-state index in [4.69, 9.17) is 10.8 Å². The molecule has 0 bridgehead atoms. The van der Waals surface area contributed by atoms with E-state index in [-0.39, 0.29) is 5.91 Å². The number of amides is 1. The molecular weight excluding hydrogens is 184 g/mol. The zero-order valence-corrected chi connectivity index (χ0v) is 8.25. The number of carbonyl (C=O) groups excluding carboxylic acids is 1. The largest absolute Gasteiger partial charge is 0.478 e. The Bertz CT molecular complexity index is 236. The number of aliphatic carboxylic acids is 1. The summed E-state index contributed by atoms with van der Waals surface area (Å²) in [6.45, 7) is 2.91. The molecule has 0 saturated heterocycles. The predicted molar refractivity (Wildman–Crippen MR) is 52.7 cm³/mol. The monoisotopic (exact) mass is 200 g/mol. The zero-order valence-electron chi connectivity index (χ0n) is 8.25. The van der Waals surface area contributed by atoms with Gasteiger partial charge in [0.25, 0.3) is 0 Å². The number of nitrogens with one attached hydrogen (secondary N) is 1. The van der Waals surface area contributed by atoms with E-state index in [0.29, 0.717) is 25.9 Å². The van der Waals surface area contributed by atoms with Crippen LogP contribution in [0.3, 0.4) is 0 Å². The van der Waals surface area contributed by atoms with Crippen LogP contribution in [0.2, 0.25) is 0 Å². The summed E-state index contributed by atoms with van der Waals surface area (Å²) in [6.07, 6.45) is 2.19. The zero-order chi connectivity index (χ0) is 11.0. The van der Waals surface area contributed by atoms with Crippen molar-refractivity contribution >= 4 is 11.9 Å². The molecule has 0 atom stereocenters. The summed E-state index contributed by atoms with van der Waals surface area (Å²) in [5.74, 6) is -1.26. The lowest BCUT2D eigenvalue weighted by molar-refractivity contribution is -0.131. The molecule has 0 aromatic rings. The number of hydrogen-bond donors (Lipinski definition) is 3. The van der Waals surface area contributed by atoms with Gasteiger partial charge < -0.3 is 16.2 Å². The topological polar surface area (TPSA) is 92.4 Å². The molecule has 0 heterocycles. The Morgan fingerprint density at radius 2 is 2.14 bits per heavy atom. The van der Waals surface area contributed by atoms with Crippen LogP contribution in [0.5, 0.6) is 0 Å². The van der Waals surface area contributed by atoms with Gasteiger partial charge in [-0.25, -0.2) is 4.79 Å². The first-order valence-corrected chi connectivity index (χ1v) is 4.41. The summed E-state index contributed by atoms with van der Waals surface area (Å²) in [5, 5.41) is 11.4. The quantitative estimate of drug-likeness (QED) is 0.394. The number of primary amides is 1. The highest BCUT2D eigenvalue weighted by atomic mass is 16.4. The maximum Gasteiger partial charge on any atom is 0.328 e. The van der Waals surface area contributed by atoms with E-state index in [9.17, 15) is 9.59 Å². The molecule has 0 aromatic heterocycles. The molecule has 5 nitrogen and oxygen atoms in total. The van der Waals surface area contributed by atoms with Gasteiger partial charge in [0.1, 0.15) is 0 Å². The van der Waals surface area contributed by atoms with Crippen molar-refractivity contribution in [1.29, 1.82) is 0 Å². The van der Waals surface area contributed by atoms with Gasteiger partial charge in [0.15, 0.2) is 0 Å². The lowest BCUT2D eigenvalue weighted by Gasteiger charge is -2.02. The Hall–Kier alpha value is -1.36. The average Bonchev–Trinajstić information content (AvgIpc) is 2.01. The van der Waals surface area contributed by atoms with E-state index < -0.39 is 5.97 Å². The Kier molecular flexibility index (Phi) is 6.39. The van der Waals surface area contributed by atoms with Crippen LogP contribution in [0.1, 0.15) is 19.8 Å². The van der Waals surface area contributed by atoms with Gasteiger partial charge in [0.2, 0.25) is 5.91 Å². The summed E-state index contributed by atoms with van der Waals surface area (Å²) in [6, 6.07) is 0. The highest BCUT2D eigenvalue weighted by Crippen LogP contribution is 1.90. The lowest BCUT2D eigenvalue weighted by atomic mass is 10.2. The van der Waals surface area contributed by atoms with Crippen molar-refractivity contribution in [2.45, 2.75) is 19.8 Å². The number of carboxylic acid groups (broad SMARTS) is 1. The lowest BCUT2D eigenvalue weighted by Crippen LogP contribution is -2.20. The van der Waals surface area contributed by atoms with Crippen LogP contribution in [0, 0.1) is 0 Å². The first kappa shape index (κ1) is 12.6. The minimum absolute atomic E-state index is 0.315. The fourth-order valence-corrected chi connectivity index (χ4v) is 0.935. The van der Waals surface area contributed by atoms with Crippen LogP contribution in [-0.4, -0.2) is 30.1 Å². The molecule has 0 rings (SSSR count). The highest BCUT2D eigenvalue weighted by molar-refractivity contribution is 5.80. The Balaban J connectivity index is 3.45. The smallest absolute Gasteiger partial charge is 0.328 e.